The average molecular weight is 292 g/mol. The molecule has 1 aliphatic heterocycles. The molecule has 100 valence electrons. The summed E-state index contributed by atoms with van der Waals surface area (Å²) in [5.41, 5.74) is 5.49. The number of nitrogens with two attached hydrogens (primary N) is 1. The molecule has 0 radical (unpaired) electrons. The molecule has 1 atom stereocenters. The van der Waals surface area contributed by atoms with Crippen molar-refractivity contribution in [3.8, 4) is 0 Å². The number of thiazole rings is 1. The highest BCUT2D eigenvalue weighted by molar-refractivity contribution is 7.16. The van der Waals surface area contributed by atoms with E-state index in [1.54, 1.807) is 0 Å². The zero-order chi connectivity index (χ0) is 13.1. The fraction of sp³-hybridized carbons (Fsp3) is 0.600. The van der Waals surface area contributed by atoms with E-state index in [4.69, 9.17) is 27.2 Å². The van der Waals surface area contributed by atoms with Crippen LogP contribution in [-0.2, 0) is 16.0 Å². The van der Waals surface area contributed by atoms with Gasteiger partial charge in [0.1, 0.15) is 11.2 Å². The van der Waals surface area contributed by atoms with Crippen LogP contribution in [0.4, 0.5) is 5.13 Å². The molecule has 0 aromatic carbocycles. The van der Waals surface area contributed by atoms with E-state index in [9.17, 15) is 4.79 Å². The Kier molecular flexibility index (Phi) is 4.39. The second-order valence-corrected chi connectivity index (χ2v) is 5.38. The van der Waals surface area contributed by atoms with Gasteiger partial charge in [-0.3, -0.25) is 4.79 Å². The predicted octanol–water partition coefficient (Wildman–Crippen LogP) is 0.588. The zero-order valence-corrected chi connectivity index (χ0v) is 11.2. The standard InChI is InChI=1S/C10H14ClN3O3S/c11-8-7(5-6(12)9(15)16)18-10(13-8)14-1-3-17-4-2-14/h6H,1-5,12H2,(H,15,16). The topological polar surface area (TPSA) is 88.7 Å². The quantitative estimate of drug-likeness (QED) is 0.844. The Morgan fingerprint density at radius 3 is 2.89 bits per heavy atom. The number of aromatic nitrogens is 1. The number of carbonyl (C=O) groups is 1. The Hall–Kier alpha value is -0.890. The number of nitrogens with zero attached hydrogens (tertiary/aromatic N) is 2. The fourth-order valence-corrected chi connectivity index (χ4v) is 3.01. The lowest BCUT2D eigenvalue weighted by molar-refractivity contribution is -0.138. The molecule has 0 bridgehead atoms. The van der Waals surface area contributed by atoms with Gasteiger partial charge in [0.15, 0.2) is 5.13 Å². The first kappa shape index (κ1) is 13.5. The van der Waals surface area contributed by atoms with E-state index < -0.39 is 12.0 Å². The molecule has 0 spiro atoms. The van der Waals surface area contributed by atoms with Crippen LogP contribution >= 0.6 is 22.9 Å². The Bertz CT molecular complexity index is 434. The fourth-order valence-electron chi connectivity index (χ4n) is 1.62. The molecule has 1 aromatic rings. The summed E-state index contributed by atoms with van der Waals surface area (Å²) in [6.45, 7) is 2.88. The lowest BCUT2D eigenvalue weighted by atomic mass is 10.2. The Balaban J connectivity index is 2.08. The summed E-state index contributed by atoms with van der Waals surface area (Å²) < 4.78 is 5.26. The molecule has 6 nitrogen and oxygen atoms in total. The van der Waals surface area contributed by atoms with Gasteiger partial charge in [0, 0.05) is 24.4 Å². The molecule has 1 fully saturated rings. The zero-order valence-electron chi connectivity index (χ0n) is 9.63. The number of hydrogen-bond acceptors (Lipinski definition) is 6. The average Bonchev–Trinajstić information content (AvgIpc) is 2.72. The van der Waals surface area contributed by atoms with Crippen molar-refractivity contribution in [1.29, 1.82) is 0 Å². The minimum atomic E-state index is -1.03. The van der Waals surface area contributed by atoms with Crippen LogP contribution in [0.3, 0.4) is 0 Å². The lowest BCUT2D eigenvalue weighted by Gasteiger charge is -2.25. The van der Waals surface area contributed by atoms with Crippen LogP contribution in [0.15, 0.2) is 0 Å². The summed E-state index contributed by atoms with van der Waals surface area (Å²) in [7, 11) is 0. The smallest absolute Gasteiger partial charge is 0.320 e. The predicted molar refractivity (Wildman–Crippen MR) is 69.5 cm³/mol. The van der Waals surface area contributed by atoms with Gasteiger partial charge in [-0.1, -0.05) is 11.6 Å². The van der Waals surface area contributed by atoms with Crippen molar-refractivity contribution < 1.29 is 14.6 Å². The summed E-state index contributed by atoms with van der Waals surface area (Å²) in [6, 6.07) is -0.944. The molecule has 8 heteroatoms. The number of carboxylic acids is 1. The molecular formula is C10H14ClN3O3S. The van der Waals surface area contributed by atoms with Crippen molar-refractivity contribution >= 4 is 34.0 Å². The molecule has 1 saturated heterocycles. The number of rotatable bonds is 4. The van der Waals surface area contributed by atoms with Crippen molar-refractivity contribution in [3.63, 3.8) is 0 Å². The third kappa shape index (κ3) is 3.11. The number of carboxylic acid groups (broad SMARTS) is 1. The van der Waals surface area contributed by atoms with Gasteiger partial charge in [-0.25, -0.2) is 4.98 Å². The second-order valence-electron chi connectivity index (χ2n) is 3.96. The van der Waals surface area contributed by atoms with Crippen LogP contribution < -0.4 is 10.6 Å². The van der Waals surface area contributed by atoms with Crippen molar-refractivity contribution in [2.24, 2.45) is 5.73 Å². The first-order valence-corrected chi connectivity index (χ1v) is 6.73. The van der Waals surface area contributed by atoms with Gasteiger partial charge >= 0.3 is 5.97 Å². The van der Waals surface area contributed by atoms with Crippen LogP contribution in [0, 0.1) is 0 Å². The van der Waals surface area contributed by atoms with Crippen molar-refractivity contribution in [1.82, 2.24) is 4.98 Å². The minimum absolute atomic E-state index is 0.205. The highest BCUT2D eigenvalue weighted by Gasteiger charge is 2.21. The third-order valence-corrected chi connectivity index (χ3v) is 4.21. The van der Waals surface area contributed by atoms with E-state index in [-0.39, 0.29) is 6.42 Å². The molecule has 1 unspecified atom stereocenters. The van der Waals surface area contributed by atoms with Crippen molar-refractivity contribution in [3.05, 3.63) is 10.0 Å². The van der Waals surface area contributed by atoms with Gasteiger partial charge in [0.25, 0.3) is 0 Å². The minimum Gasteiger partial charge on any atom is -0.480 e. The van der Waals surface area contributed by atoms with Crippen LogP contribution in [0.2, 0.25) is 5.15 Å². The molecule has 18 heavy (non-hydrogen) atoms. The van der Waals surface area contributed by atoms with E-state index >= 15 is 0 Å². The SMILES string of the molecule is NC(Cc1sc(N2CCOCC2)nc1Cl)C(=O)O. The van der Waals surface area contributed by atoms with Crippen molar-refractivity contribution in [2.75, 3.05) is 31.2 Å². The summed E-state index contributed by atoms with van der Waals surface area (Å²) in [5.74, 6) is -1.03. The maximum atomic E-state index is 10.7. The first-order chi connectivity index (χ1) is 8.58. The molecule has 0 aliphatic carbocycles. The van der Waals surface area contributed by atoms with E-state index in [0.29, 0.717) is 23.2 Å². The van der Waals surface area contributed by atoms with Gasteiger partial charge in [0.05, 0.1) is 13.2 Å². The summed E-state index contributed by atoms with van der Waals surface area (Å²) >= 11 is 7.40. The van der Waals surface area contributed by atoms with Crippen LogP contribution in [0.1, 0.15) is 4.88 Å². The molecule has 1 aromatic heterocycles. The molecular weight excluding hydrogens is 278 g/mol. The number of halogens is 1. The largest absolute Gasteiger partial charge is 0.480 e. The van der Waals surface area contributed by atoms with E-state index in [1.165, 1.54) is 11.3 Å². The number of aliphatic carboxylic acids is 1. The lowest BCUT2D eigenvalue weighted by Crippen LogP contribution is -2.36. The van der Waals surface area contributed by atoms with Crippen LogP contribution in [0.5, 0.6) is 0 Å². The number of ether oxygens (including phenoxy) is 1. The molecule has 3 N–H and O–H groups in total. The number of hydrogen-bond donors (Lipinski definition) is 2. The normalized spacial score (nSPS) is 17.8. The van der Waals surface area contributed by atoms with Gasteiger partial charge in [0.2, 0.25) is 0 Å². The van der Waals surface area contributed by atoms with Gasteiger partial charge in [-0.2, -0.15) is 0 Å². The van der Waals surface area contributed by atoms with Gasteiger partial charge in [-0.15, -0.1) is 11.3 Å². The molecule has 2 heterocycles. The van der Waals surface area contributed by atoms with E-state index in [1.807, 2.05) is 0 Å². The van der Waals surface area contributed by atoms with Crippen molar-refractivity contribution in [2.45, 2.75) is 12.5 Å². The summed E-state index contributed by atoms with van der Waals surface area (Å²) in [4.78, 5) is 17.8. The number of anilines is 1. The monoisotopic (exact) mass is 291 g/mol. The molecule has 1 aliphatic rings. The maximum Gasteiger partial charge on any atom is 0.320 e. The second kappa shape index (κ2) is 5.83. The van der Waals surface area contributed by atoms with Crippen LogP contribution in [0.25, 0.3) is 0 Å². The van der Waals surface area contributed by atoms with Gasteiger partial charge < -0.3 is 20.5 Å². The number of morpholine rings is 1. The van der Waals surface area contributed by atoms with Crippen LogP contribution in [-0.4, -0.2) is 48.4 Å². The third-order valence-electron chi connectivity index (χ3n) is 2.64. The molecule has 2 rings (SSSR count). The summed E-state index contributed by atoms with van der Waals surface area (Å²) in [6.07, 6.45) is 0.205. The molecule has 0 saturated carbocycles. The van der Waals surface area contributed by atoms with E-state index in [2.05, 4.69) is 9.88 Å². The summed E-state index contributed by atoms with van der Waals surface area (Å²) in [5, 5.41) is 9.93. The van der Waals surface area contributed by atoms with Gasteiger partial charge in [-0.05, 0) is 0 Å². The highest BCUT2D eigenvalue weighted by Crippen LogP contribution is 2.30. The van der Waals surface area contributed by atoms with E-state index in [0.717, 1.165) is 18.2 Å². The Morgan fingerprint density at radius 2 is 2.28 bits per heavy atom. The maximum absolute atomic E-state index is 10.7. The first-order valence-electron chi connectivity index (χ1n) is 5.54. The highest BCUT2D eigenvalue weighted by atomic mass is 35.5. The Labute approximate surface area is 113 Å². The Morgan fingerprint density at radius 1 is 1.61 bits per heavy atom. The molecule has 0 amide bonds.